The summed E-state index contributed by atoms with van der Waals surface area (Å²) in [7, 11) is 0. The molecule has 3 rings (SSSR count). The number of hydrogen-bond donors (Lipinski definition) is 2. The predicted molar refractivity (Wildman–Crippen MR) is 83.9 cm³/mol. The molecule has 0 aromatic heterocycles. The number of carbonyl (C=O) groups excluding carboxylic acids is 1. The van der Waals surface area contributed by atoms with E-state index in [2.05, 4.69) is 29.4 Å². The molecular weight excluding hydrogens is 266 g/mol. The summed E-state index contributed by atoms with van der Waals surface area (Å²) in [6, 6.07) is 6.94. The summed E-state index contributed by atoms with van der Waals surface area (Å²) < 4.78 is 5.57. The Labute approximate surface area is 125 Å². The zero-order valence-corrected chi connectivity index (χ0v) is 12.8. The highest BCUT2D eigenvalue weighted by Crippen LogP contribution is 2.32. The van der Waals surface area contributed by atoms with Gasteiger partial charge in [0.1, 0.15) is 5.75 Å². The number of nitrogens with zero attached hydrogens (tertiary/aromatic N) is 1. The maximum absolute atomic E-state index is 11.7. The van der Waals surface area contributed by atoms with Crippen LogP contribution in [0.5, 0.6) is 5.75 Å². The molecule has 1 fully saturated rings. The highest BCUT2D eigenvalue weighted by molar-refractivity contribution is 5.98. The van der Waals surface area contributed by atoms with Crippen LogP contribution in [0, 0.1) is 0 Å². The van der Waals surface area contributed by atoms with Crippen molar-refractivity contribution in [2.24, 2.45) is 0 Å². The molecule has 2 aliphatic heterocycles. The maximum atomic E-state index is 11.7. The van der Waals surface area contributed by atoms with Gasteiger partial charge in [0, 0.05) is 30.9 Å². The normalized spacial score (nSPS) is 25.4. The van der Waals surface area contributed by atoms with Gasteiger partial charge in [-0.25, -0.2) is 0 Å². The molecule has 0 radical (unpaired) electrons. The standard InChI is InChI=1S/C16H23N3O2/c1-10(2)19-7-6-13(9-19)17-12-4-5-15-14(8-12)18-16(20)11(3)21-15/h4-5,8,10-11,13,17H,6-7,9H2,1-3H3,(H,18,20). The van der Waals surface area contributed by atoms with E-state index in [4.69, 9.17) is 4.74 Å². The number of rotatable bonds is 3. The summed E-state index contributed by atoms with van der Waals surface area (Å²) in [5, 5.41) is 6.44. The van der Waals surface area contributed by atoms with Crippen LogP contribution in [0.4, 0.5) is 11.4 Å². The minimum atomic E-state index is -0.425. The minimum absolute atomic E-state index is 0.0912. The van der Waals surface area contributed by atoms with Crippen LogP contribution in [0.25, 0.3) is 0 Å². The number of amides is 1. The van der Waals surface area contributed by atoms with E-state index in [1.54, 1.807) is 6.92 Å². The van der Waals surface area contributed by atoms with Gasteiger partial charge in [-0.3, -0.25) is 9.69 Å². The molecule has 5 nitrogen and oxygen atoms in total. The Morgan fingerprint density at radius 3 is 2.95 bits per heavy atom. The highest BCUT2D eigenvalue weighted by atomic mass is 16.5. The lowest BCUT2D eigenvalue weighted by Gasteiger charge is -2.24. The second-order valence-corrected chi connectivity index (χ2v) is 6.18. The first-order valence-electron chi connectivity index (χ1n) is 7.65. The Hall–Kier alpha value is -1.75. The Bertz CT molecular complexity index is 544. The van der Waals surface area contributed by atoms with Gasteiger partial charge in [-0.05, 0) is 45.4 Å². The third kappa shape index (κ3) is 2.97. The molecule has 0 saturated carbocycles. The van der Waals surface area contributed by atoms with Gasteiger partial charge in [-0.1, -0.05) is 0 Å². The molecule has 0 spiro atoms. The van der Waals surface area contributed by atoms with Crippen LogP contribution in [-0.2, 0) is 4.79 Å². The summed E-state index contributed by atoms with van der Waals surface area (Å²) >= 11 is 0. The fourth-order valence-corrected chi connectivity index (χ4v) is 2.91. The molecule has 2 aliphatic rings. The van der Waals surface area contributed by atoms with Crippen LogP contribution in [-0.4, -0.2) is 42.1 Å². The van der Waals surface area contributed by atoms with Crippen LogP contribution < -0.4 is 15.4 Å². The molecule has 0 bridgehead atoms. The topological polar surface area (TPSA) is 53.6 Å². The average Bonchev–Trinajstić information content (AvgIpc) is 2.89. The Morgan fingerprint density at radius 1 is 1.43 bits per heavy atom. The van der Waals surface area contributed by atoms with Crippen molar-refractivity contribution in [1.29, 1.82) is 0 Å². The first-order chi connectivity index (χ1) is 10.0. The third-order valence-electron chi connectivity index (χ3n) is 4.23. The fraction of sp³-hybridized carbons (Fsp3) is 0.562. The second kappa shape index (κ2) is 5.56. The van der Waals surface area contributed by atoms with Crippen LogP contribution >= 0.6 is 0 Å². The zero-order chi connectivity index (χ0) is 15.0. The molecule has 1 aromatic carbocycles. The number of nitrogens with one attached hydrogen (secondary N) is 2. The van der Waals surface area contributed by atoms with Crippen LogP contribution in [0.15, 0.2) is 18.2 Å². The minimum Gasteiger partial charge on any atom is -0.479 e. The lowest BCUT2D eigenvalue weighted by atomic mass is 10.2. The Morgan fingerprint density at radius 2 is 2.24 bits per heavy atom. The summed E-state index contributed by atoms with van der Waals surface area (Å²) in [5.74, 6) is 0.648. The molecule has 1 aromatic rings. The molecule has 2 heterocycles. The lowest BCUT2D eigenvalue weighted by molar-refractivity contribution is -0.122. The van der Waals surface area contributed by atoms with Crippen LogP contribution in [0.3, 0.4) is 0 Å². The smallest absolute Gasteiger partial charge is 0.265 e. The second-order valence-electron chi connectivity index (χ2n) is 6.18. The van der Waals surface area contributed by atoms with E-state index >= 15 is 0 Å². The van der Waals surface area contributed by atoms with Crippen molar-refractivity contribution >= 4 is 17.3 Å². The lowest BCUT2D eigenvalue weighted by Crippen LogP contribution is -2.34. The Balaban J connectivity index is 1.68. The van der Waals surface area contributed by atoms with Crippen molar-refractivity contribution in [2.75, 3.05) is 23.7 Å². The number of benzene rings is 1. The molecular formula is C16H23N3O2. The van der Waals surface area contributed by atoms with E-state index in [9.17, 15) is 4.79 Å². The SMILES string of the molecule is CC1Oc2ccc(NC3CCN(C(C)C)C3)cc2NC1=O. The van der Waals surface area contributed by atoms with Crippen molar-refractivity contribution in [3.63, 3.8) is 0 Å². The molecule has 21 heavy (non-hydrogen) atoms. The van der Waals surface area contributed by atoms with Gasteiger partial charge in [-0.15, -0.1) is 0 Å². The molecule has 0 aliphatic carbocycles. The van der Waals surface area contributed by atoms with Crippen molar-refractivity contribution in [3.05, 3.63) is 18.2 Å². The molecule has 1 amide bonds. The third-order valence-corrected chi connectivity index (χ3v) is 4.23. The number of hydrogen-bond acceptors (Lipinski definition) is 4. The van der Waals surface area contributed by atoms with Gasteiger partial charge in [-0.2, -0.15) is 0 Å². The predicted octanol–water partition coefficient (Wildman–Crippen LogP) is 2.30. The molecule has 2 N–H and O–H groups in total. The Kier molecular flexibility index (Phi) is 3.76. The van der Waals surface area contributed by atoms with Gasteiger partial charge in [0.05, 0.1) is 5.69 Å². The quantitative estimate of drug-likeness (QED) is 0.896. The van der Waals surface area contributed by atoms with E-state index in [1.165, 1.54) is 0 Å². The fourth-order valence-electron chi connectivity index (χ4n) is 2.91. The van der Waals surface area contributed by atoms with Gasteiger partial charge < -0.3 is 15.4 Å². The van der Waals surface area contributed by atoms with E-state index < -0.39 is 6.10 Å². The summed E-state index contributed by atoms with van der Waals surface area (Å²) in [4.78, 5) is 14.1. The van der Waals surface area contributed by atoms with E-state index in [1.807, 2.05) is 18.2 Å². The highest BCUT2D eigenvalue weighted by Gasteiger charge is 2.26. The zero-order valence-electron chi connectivity index (χ0n) is 12.8. The number of fused-ring (bicyclic) bond motifs is 1. The van der Waals surface area contributed by atoms with E-state index in [0.29, 0.717) is 12.1 Å². The number of carbonyl (C=O) groups is 1. The molecule has 2 unspecified atom stereocenters. The van der Waals surface area contributed by atoms with E-state index in [-0.39, 0.29) is 5.91 Å². The van der Waals surface area contributed by atoms with Crippen molar-refractivity contribution < 1.29 is 9.53 Å². The molecule has 1 saturated heterocycles. The summed E-state index contributed by atoms with van der Waals surface area (Å²) in [6.07, 6.45) is 0.723. The first kappa shape index (κ1) is 14.2. The average molecular weight is 289 g/mol. The molecule has 5 heteroatoms. The van der Waals surface area contributed by atoms with Gasteiger partial charge in [0.25, 0.3) is 5.91 Å². The molecule has 114 valence electrons. The number of anilines is 2. The van der Waals surface area contributed by atoms with Gasteiger partial charge in [0.2, 0.25) is 0 Å². The van der Waals surface area contributed by atoms with Crippen LogP contribution in [0.1, 0.15) is 27.2 Å². The number of likely N-dealkylation sites (tertiary alicyclic amines) is 1. The maximum Gasteiger partial charge on any atom is 0.265 e. The van der Waals surface area contributed by atoms with Crippen molar-refractivity contribution in [2.45, 2.75) is 45.4 Å². The first-order valence-corrected chi connectivity index (χ1v) is 7.65. The number of ether oxygens (including phenoxy) is 1. The van der Waals surface area contributed by atoms with Crippen LogP contribution in [0.2, 0.25) is 0 Å². The van der Waals surface area contributed by atoms with Gasteiger partial charge in [0.15, 0.2) is 6.10 Å². The largest absolute Gasteiger partial charge is 0.479 e. The summed E-state index contributed by atoms with van der Waals surface area (Å²) in [6.45, 7) is 8.42. The monoisotopic (exact) mass is 289 g/mol. The van der Waals surface area contributed by atoms with Crippen molar-refractivity contribution in [1.82, 2.24) is 4.90 Å². The van der Waals surface area contributed by atoms with Crippen molar-refractivity contribution in [3.8, 4) is 5.75 Å². The summed E-state index contributed by atoms with van der Waals surface area (Å²) in [5.41, 5.74) is 1.78. The van der Waals surface area contributed by atoms with E-state index in [0.717, 1.165) is 36.6 Å². The molecule has 2 atom stereocenters. The van der Waals surface area contributed by atoms with Gasteiger partial charge >= 0.3 is 0 Å².